The van der Waals surface area contributed by atoms with Gasteiger partial charge in [0.25, 0.3) is 5.95 Å². The average Bonchev–Trinajstić information content (AvgIpc) is 3.33. The molecule has 0 saturated carbocycles. The molecule has 9 nitrogen and oxygen atoms in total. The first-order chi connectivity index (χ1) is 14.7. The molecule has 0 aliphatic carbocycles. The highest BCUT2D eigenvalue weighted by atomic mass is 16.7. The minimum atomic E-state index is 0.372. The van der Waals surface area contributed by atoms with Gasteiger partial charge in [0.05, 0.1) is 26.0 Å². The largest absolute Gasteiger partial charge is 0.496 e. The zero-order valence-electron chi connectivity index (χ0n) is 16.7. The molecule has 4 rings (SSSR count). The second-order valence-electron chi connectivity index (χ2n) is 6.23. The summed E-state index contributed by atoms with van der Waals surface area (Å²) in [6, 6.07) is 15.3. The van der Waals surface area contributed by atoms with Crippen LogP contribution in [0.5, 0.6) is 5.75 Å². The van der Waals surface area contributed by atoms with Gasteiger partial charge in [0.15, 0.2) is 18.0 Å². The Hall–Kier alpha value is -3.98. The Bertz CT molecular complexity index is 1120. The van der Waals surface area contributed by atoms with Crippen molar-refractivity contribution in [1.82, 2.24) is 19.9 Å². The predicted molar refractivity (Wildman–Crippen MR) is 112 cm³/mol. The molecule has 0 atom stereocenters. The van der Waals surface area contributed by atoms with Crippen LogP contribution < -0.4 is 15.1 Å². The molecule has 2 heterocycles. The number of anilines is 3. The van der Waals surface area contributed by atoms with Crippen molar-refractivity contribution in [3.05, 3.63) is 61.1 Å². The van der Waals surface area contributed by atoms with E-state index in [1.807, 2.05) is 48.5 Å². The van der Waals surface area contributed by atoms with Gasteiger partial charge < -0.3 is 14.5 Å². The van der Waals surface area contributed by atoms with E-state index in [0.29, 0.717) is 29.2 Å². The van der Waals surface area contributed by atoms with Crippen molar-refractivity contribution in [3.8, 4) is 28.5 Å². The Morgan fingerprint density at radius 2 is 1.83 bits per heavy atom. The van der Waals surface area contributed by atoms with Crippen LogP contribution in [0.2, 0.25) is 0 Å². The predicted octanol–water partition coefficient (Wildman–Crippen LogP) is 3.94. The Morgan fingerprint density at radius 1 is 1.00 bits per heavy atom. The molecule has 9 heteroatoms. The van der Waals surface area contributed by atoms with E-state index in [2.05, 4.69) is 25.3 Å². The molecule has 1 N–H and O–H groups in total. The molecule has 152 valence electrons. The normalized spacial score (nSPS) is 10.6. The van der Waals surface area contributed by atoms with Gasteiger partial charge in [0, 0.05) is 24.4 Å². The van der Waals surface area contributed by atoms with E-state index in [1.54, 1.807) is 27.5 Å². The number of rotatable bonds is 7. The minimum absolute atomic E-state index is 0.372. The van der Waals surface area contributed by atoms with Gasteiger partial charge in [-0.2, -0.15) is 15.0 Å². The molecule has 0 aliphatic rings. The van der Waals surface area contributed by atoms with Crippen molar-refractivity contribution in [1.29, 1.82) is 0 Å². The molecule has 0 bridgehead atoms. The molecule has 0 aliphatic heterocycles. The van der Waals surface area contributed by atoms with Crippen LogP contribution in [-0.4, -0.2) is 41.2 Å². The van der Waals surface area contributed by atoms with Crippen LogP contribution in [-0.2, 0) is 4.84 Å². The van der Waals surface area contributed by atoms with Crippen LogP contribution in [0.3, 0.4) is 0 Å². The highest BCUT2D eigenvalue weighted by Gasteiger charge is 2.14. The van der Waals surface area contributed by atoms with E-state index >= 15 is 0 Å². The summed E-state index contributed by atoms with van der Waals surface area (Å²) >= 11 is 0. The molecule has 0 spiro atoms. The van der Waals surface area contributed by atoms with E-state index in [4.69, 9.17) is 14.0 Å². The fraction of sp³-hybridized carbons (Fsp3) is 0.143. The summed E-state index contributed by atoms with van der Waals surface area (Å²) in [6.45, 7) is 0. The van der Waals surface area contributed by atoms with Crippen molar-refractivity contribution in [2.24, 2.45) is 0 Å². The first-order valence-corrected chi connectivity index (χ1v) is 9.11. The van der Waals surface area contributed by atoms with Crippen molar-refractivity contribution >= 4 is 17.6 Å². The molecular weight excluding hydrogens is 384 g/mol. The molecule has 0 unspecified atom stereocenters. The number of methoxy groups -OCH3 is 1. The summed E-state index contributed by atoms with van der Waals surface area (Å²) in [7, 11) is 4.87. The van der Waals surface area contributed by atoms with Gasteiger partial charge in [-0.05, 0) is 12.1 Å². The standard InChI is InChI=1S/C21H20N6O3/c1-27(29-3)21-25-19(14-7-5-4-6-8-14)24-20(26-21)23-15-9-10-16(17(11-15)28-2)18-12-22-13-30-18/h4-13H,1-3H3,(H,23,24,25,26). The Labute approximate surface area is 173 Å². The van der Waals surface area contributed by atoms with Gasteiger partial charge in [0.2, 0.25) is 5.95 Å². The average molecular weight is 404 g/mol. The maximum Gasteiger partial charge on any atom is 0.254 e. The highest BCUT2D eigenvalue weighted by molar-refractivity contribution is 5.71. The molecule has 4 aromatic rings. The van der Waals surface area contributed by atoms with E-state index in [-0.39, 0.29) is 0 Å². The highest BCUT2D eigenvalue weighted by Crippen LogP contribution is 2.33. The topological polar surface area (TPSA) is 98.4 Å². The number of nitrogens with zero attached hydrogens (tertiary/aromatic N) is 5. The molecule has 30 heavy (non-hydrogen) atoms. The molecule has 2 aromatic heterocycles. The second-order valence-corrected chi connectivity index (χ2v) is 6.23. The lowest BCUT2D eigenvalue weighted by atomic mass is 10.1. The molecule has 0 radical (unpaired) electrons. The number of hydrogen-bond donors (Lipinski definition) is 1. The smallest absolute Gasteiger partial charge is 0.254 e. The van der Waals surface area contributed by atoms with Crippen LogP contribution in [0.4, 0.5) is 17.6 Å². The summed E-state index contributed by atoms with van der Waals surface area (Å²) in [5, 5.41) is 4.68. The molecule has 0 saturated heterocycles. The van der Waals surface area contributed by atoms with Gasteiger partial charge in [-0.25, -0.2) is 10.0 Å². The Kier molecular flexibility index (Phi) is 5.53. The first-order valence-electron chi connectivity index (χ1n) is 9.11. The van der Waals surface area contributed by atoms with Gasteiger partial charge >= 0.3 is 0 Å². The summed E-state index contributed by atoms with van der Waals surface area (Å²) < 4.78 is 10.9. The number of hydrogen-bond acceptors (Lipinski definition) is 9. The number of ether oxygens (including phenoxy) is 1. The van der Waals surface area contributed by atoms with Gasteiger partial charge in [-0.1, -0.05) is 30.3 Å². The van der Waals surface area contributed by atoms with Gasteiger partial charge in [0.1, 0.15) is 5.75 Å². The third-order valence-corrected chi connectivity index (χ3v) is 4.37. The molecular formula is C21H20N6O3. The Balaban J connectivity index is 1.70. The summed E-state index contributed by atoms with van der Waals surface area (Å²) in [5.41, 5.74) is 2.40. The fourth-order valence-electron chi connectivity index (χ4n) is 2.81. The van der Waals surface area contributed by atoms with Crippen LogP contribution in [0.25, 0.3) is 22.7 Å². The van der Waals surface area contributed by atoms with Gasteiger partial charge in [-0.3, -0.25) is 4.84 Å². The zero-order valence-corrected chi connectivity index (χ0v) is 16.7. The van der Waals surface area contributed by atoms with E-state index < -0.39 is 0 Å². The summed E-state index contributed by atoms with van der Waals surface area (Å²) in [6.07, 6.45) is 3.01. The summed E-state index contributed by atoms with van der Waals surface area (Å²) in [5.74, 6) is 2.52. The van der Waals surface area contributed by atoms with E-state index in [1.165, 1.54) is 11.5 Å². The lowest BCUT2D eigenvalue weighted by Gasteiger charge is -2.16. The zero-order chi connectivity index (χ0) is 20.9. The Morgan fingerprint density at radius 3 is 2.53 bits per heavy atom. The third kappa shape index (κ3) is 4.06. The SMILES string of the molecule is COc1cc(Nc2nc(-c3ccccc3)nc(N(C)OC)n2)ccc1-c1cnco1. The van der Waals surface area contributed by atoms with Crippen LogP contribution in [0, 0.1) is 0 Å². The molecule has 2 aromatic carbocycles. The van der Waals surface area contributed by atoms with Gasteiger partial charge in [-0.15, -0.1) is 0 Å². The number of nitrogens with one attached hydrogen (secondary N) is 1. The second kappa shape index (κ2) is 8.58. The number of aromatic nitrogens is 4. The maximum absolute atomic E-state index is 5.51. The summed E-state index contributed by atoms with van der Waals surface area (Å²) in [4.78, 5) is 22.7. The molecule has 0 amide bonds. The van der Waals surface area contributed by atoms with Crippen LogP contribution in [0.1, 0.15) is 0 Å². The maximum atomic E-state index is 5.51. The lowest BCUT2D eigenvalue weighted by Crippen LogP contribution is -2.19. The first kappa shape index (κ1) is 19.3. The van der Waals surface area contributed by atoms with Crippen LogP contribution in [0.15, 0.2) is 65.5 Å². The lowest BCUT2D eigenvalue weighted by molar-refractivity contribution is 0.180. The van der Waals surface area contributed by atoms with Crippen molar-refractivity contribution in [2.75, 3.05) is 31.6 Å². The van der Waals surface area contributed by atoms with E-state index in [0.717, 1.165) is 16.8 Å². The van der Waals surface area contributed by atoms with Crippen molar-refractivity contribution in [2.45, 2.75) is 0 Å². The third-order valence-electron chi connectivity index (χ3n) is 4.37. The minimum Gasteiger partial charge on any atom is -0.496 e. The monoisotopic (exact) mass is 404 g/mol. The number of oxazole rings is 1. The fourth-order valence-corrected chi connectivity index (χ4v) is 2.81. The van der Waals surface area contributed by atoms with E-state index in [9.17, 15) is 0 Å². The van der Waals surface area contributed by atoms with Crippen molar-refractivity contribution in [3.63, 3.8) is 0 Å². The quantitative estimate of drug-likeness (QED) is 0.459. The number of benzene rings is 2. The van der Waals surface area contributed by atoms with Crippen LogP contribution >= 0.6 is 0 Å². The number of hydroxylamine groups is 1. The van der Waals surface area contributed by atoms with Crippen molar-refractivity contribution < 1.29 is 14.0 Å². The molecule has 0 fully saturated rings.